The van der Waals surface area contributed by atoms with Gasteiger partial charge in [-0.25, -0.2) is 17.4 Å². The summed E-state index contributed by atoms with van der Waals surface area (Å²) in [4.78, 5) is 4.34. The lowest BCUT2D eigenvalue weighted by Gasteiger charge is -2.13. The average molecular weight is 264 g/mol. The lowest BCUT2D eigenvalue weighted by atomic mass is 10.1. The Hall–Kier alpha value is -1.62. The van der Waals surface area contributed by atoms with Crippen LogP contribution in [-0.2, 0) is 10.0 Å². The molecule has 0 spiro atoms. The van der Waals surface area contributed by atoms with Crippen LogP contribution in [0, 0.1) is 27.7 Å². The number of hydrogen-bond acceptors (Lipinski definition) is 3. The van der Waals surface area contributed by atoms with Crippen molar-refractivity contribution < 1.29 is 8.42 Å². The summed E-state index contributed by atoms with van der Waals surface area (Å²) in [7, 11) is -3.55. The quantitative estimate of drug-likeness (QED) is 0.836. The van der Waals surface area contributed by atoms with E-state index in [1.807, 2.05) is 32.9 Å². The predicted octanol–water partition coefficient (Wildman–Crippen LogP) is 2.35. The molecular weight excluding hydrogens is 248 g/mol. The molecule has 0 saturated heterocycles. The summed E-state index contributed by atoms with van der Waals surface area (Å²) in [5.74, 6) is 0.467. The molecule has 1 aromatic carbocycles. The zero-order valence-electron chi connectivity index (χ0n) is 10.9. The van der Waals surface area contributed by atoms with Crippen molar-refractivity contribution in [1.29, 1.82) is 0 Å². The van der Waals surface area contributed by atoms with Gasteiger partial charge in [0.1, 0.15) is 5.82 Å². The smallest absolute Gasteiger partial charge is 0.241 e. The first-order chi connectivity index (χ1) is 8.34. The van der Waals surface area contributed by atoms with E-state index in [-0.39, 0.29) is 0 Å². The molecule has 0 saturated carbocycles. The van der Waals surface area contributed by atoms with Crippen LogP contribution in [0.1, 0.15) is 22.5 Å². The number of aryl methyl sites for hydroxylation is 4. The van der Waals surface area contributed by atoms with Gasteiger partial charge >= 0.3 is 0 Å². The Morgan fingerprint density at radius 3 is 2.06 bits per heavy atom. The molecule has 18 heavy (non-hydrogen) atoms. The van der Waals surface area contributed by atoms with Crippen LogP contribution >= 0.6 is 0 Å². The van der Waals surface area contributed by atoms with E-state index >= 15 is 0 Å². The maximum atomic E-state index is 12.6. The number of imidazole rings is 1. The highest BCUT2D eigenvalue weighted by atomic mass is 32.2. The molecule has 96 valence electrons. The fourth-order valence-corrected chi connectivity index (χ4v) is 4.03. The van der Waals surface area contributed by atoms with Gasteiger partial charge in [-0.3, -0.25) is 0 Å². The molecule has 0 bridgehead atoms. The summed E-state index contributed by atoms with van der Waals surface area (Å²) in [6, 6.07) is 3.76. The topological polar surface area (TPSA) is 52.0 Å². The van der Waals surface area contributed by atoms with E-state index in [0.717, 1.165) is 16.7 Å². The van der Waals surface area contributed by atoms with E-state index in [4.69, 9.17) is 0 Å². The van der Waals surface area contributed by atoms with Crippen LogP contribution in [0.15, 0.2) is 29.4 Å². The number of benzene rings is 1. The SMILES string of the molecule is Cc1cc(C)c(S(=O)(=O)n2ccnc2C)c(C)c1. The highest BCUT2D eigenvalue weighted by Crippen LogP contribution is 2.24. The molecule has 0 N–H and O–H groups in total. The minimum absolute atomic E-state index is 0.370. The molecular formula is C13H16N2O2S. The summed E-state index contributed by atoms with van der Waals surface area (Å²) in [6.45, 7) is 7.27. The maximum Gasteiger partial charge on any atom is 0.269 e. The van der Waals surface area contributed by atoms with Crippen LogP contribution in [-0.4, -0.2) is 17.4 Å². The number of aromatic nitrogens is 2. The summed E-state index contributed by atoms with van der Waals surface area (Å²) < 4.78 is 26.4. The summed E-state index contributed by atoms with van der Waals surface area (Å²) in [5, 5.41) is 0. The third kappa shape index (κ3) is 1.95. The molecule has 0 amide bonds. The zero-order valence-corrected chi connectivity index (χ0v) is 11.7. The Labute approximate surface area is 107 Å². The highest BCUT2D eigenvalue weighted by molar-refractivity contribution is 7.90. The van der Waals surface area contributed by atoms with Crippen LogP contribution in [0.2, 0.25) is 0 Å². The van der Waals surface area contributed by atoms with E-state index in [2.05, 4.69) is 4.98 Å². The van der Waals surface area contributed by atoms with Crippen LogP contribution in [0.4, 0.5) is 0 Å². The molecule has 2 rings (SSSR count). The van der Waals surface area contributed by atoms with Crippen molar-refractivity contribution in [3.05, 3.63) is 47.0 Å². The zero-order chi connectivity index (χ0) is 13.5. The second-order valence-electron chi connectivity index (χ2n) is 4.50. The monoisotopic (exact) mass is 264 g/mol. The third-order valence-electron chi connectivity index (χ3n) is 2.90. The average Bonchev–Trinajstić information content (AvgIpc) is 2.62. The van der Waals surface area contributed by atoms with Crippen LogP contribution < -0.4 is 0 Å². The van der Waals surface area contributed by atoms with Crippen LogP contribution in [0.5, 0.6) is 0 Å². The van der Waals surface area contributed by atoms with Crippen molar-refractivity contribution in [3.8, 4) is 0 Å². The molecule has 0 fully saturated rings. The van der Waals surface area contributed by atoms with E-state index in [0.29, 0.717) is 10.7 Å². The molecule has 1 heterocycles. The molecule has 0 aliphatic rings. The number of rotatable bonds is 2. The molecule has 0 radical (unpaired) electrons. The fraction of sp³-hybridized carbons (Fsp3) is 0.308. The Kier molecular flexibility index (Phi) is 3.02. The van der Waals surface area contributed by atoms with Gasteiger partial charge in [-0.2, -0.15) is 0 Å². The van der Waals surface area contributed by atoms with Gasteiger partial charge in [-0.15, -0.1) is 0 Å². The molecule has 4 nitrogen and oxygen atoms in total. The van der Waals surface area contributed by atoms with Crippen LogP contribution in [0.3, 0.4) is 0 Å². The van der Waals surface area contributed by atoms with E-state index in [1.165, 1.54) is 16.4 Å². The van der Waals surface area contributed by atoms with Crippen molar-refractivity contribution in [2.45, 2.75) is 32.6 Å². The Bertz CT molecular complexity index is 677. The number of nitrogens with zero attached hydrogens (tertiary/aromatic N) is 2. The van der Waals surface area contributed by atoms with Gasteiger partial charge in [0.2, 0.25) is 0 Å². The summed E-state index contributed by atoms with van der Waals surface area (Å²) in [5.41, 5.74) is 2.59. The van der Waals surface area contributed by atoms with Crippen molar-refractivity contribution in [2.24, 2.45) is 0 Å². The van der Waals surface area contributed by atoms with Crippen molar-refractivity contribution >= 4 is 10.0 Å². The van der Waals surface area contributed by atoms with Gasteiger partial charge in [0.25, 0.3) is 10.0 Å². The molecule has 1 aromatic heterocycles. The Morgan fingerprint density at radius 2 is 1.61 bits per heavy atom. The minimum Gasteiger partial charge on any atom is -0.241 e. The summed E-state index contributed by atoms with van der Waals surface area (Å²) >= 11 is 0. The first-order valence-electron chi connectivity index (χ1n) is 5.67. The fourth-order valence-electron chi connectivity index (χ4n) is 2.29. The normalized spacial score (nSPS) is 11.8. The molecule has 5 heteroatoms. The van der Waals surface area contributed by atoms with Crippen molar-refractivity contribution in [3.63, 3.8) is 0 Å². The second-order valence-corrected chi connectivity index (χ2v) is 6.25. The lowest BCUT2D eigenvalue weighted by molar-refractivity contribution is 0.584. The Morgan fingerprint density at radius 1 is 1.06 bits per heavy atom. The van der Waals surface area contributed by atoms with E-state index in [1.54, 1.807) is 6.92 Å². The molecule has 0 aliphatic heterocycles. The maximum absolute atomic E-state index is 12.6. The molecule has 0 unspecified atom stereocenters. The number of hydrogen-bond donors (Lipinski definition) is 0. The van der Waals surface area contributed by atoms with E-state index < -0.39 is 10.0 Å². The third-order valence-corrected chi connectivity index (χ3v) is 4.97. The molecule has 0 aliphatic carbocycles. The van der Waals surface area contributed by atoms with Gasteiger partial charge in [0.05, 0.1) is 4.90 Å². The molecule has 0 atom stereocenters. The second kappa shape index (κ2) is 4.24. The highest BCUT2D eigenvalue weighted by Gasteiger charge is 2.23. The first kappa shape index (κ1) is 12.8. The van der Waals surface area contributed by atoms with Gasteiger partial charge < -0.3 is 0 Å². The molecule has 2 aromatic rings. The largest absolute Gasteiger partial charge is 0.269 e. The summed E-state index contributed by atoms with van der Waals surface area (Å²) in [6.07, 6.45) is 2.97. The Balaban J connectivity index is 2.74. The van der Waals surface area contributed by atoms with Crippen LogP contribution in [0.25, 0.3) is 0 Å². The minimum atomic E-state index is -3.55. The van der Waals surface area contributed by atoms with E-state index in [9.17, 15) is 8.42 Å². The van der Waals surface area contributed by atoms with Gasteiger partial charge in [0.15, 0.2) is 0 Å². The van der Waals surface area contributed by atoms with Crippen molar-refractivity contribution in [1.82, 2.24) is 8.96 Å². The van der Waals surface area contributed by atoms with Gasteiger partial charge in [-0.05, 0) is 38.8 Å². The standard InChI is InChI=1S/C13H16N2O2S/c1-9-7-10(2)13(11(3)8-9)18(16,17)15-6-5-14-12(15)4/h5-8H,1-4H3. The van der Waals surface area contributed by atoms with Gasteiger partial charge in [0, 0.05) is 12.4 Å². The van der Waals surface area contributed by atoms with Crippen molar-refractivity contribution in [2.75, 3.05) is 0 Å². The van der Waals surface area contributed by atoms with Gasteiger partial charge in [-0.1, -0.05) is 17.7 Å². The predicted molar refractivity (Wildman–Crippen MR) is 70.2 cm³/mol. The first-order valence-corrected chi connectivity index (χ1v) is 7.11. The lowest BCUT2D eigenvalue weighted by Crippen LogP contribution is -2.16.